The summed E-state index contributed by atoms with van der Waals surface area (Å²) in [5.41, 5.74) is 0.514. The molecule has 0 aliphatic carbocycles. The Hall–Kier alpha value is -0.830. The zero-order valence-electron chi connectivity index (χ0n) is 12.2. The van der Waals surface area contributed by atoms with Crippen LogP contribution in [-0.4, -0.2) is 15.1 Å². The highest BCUT2D eigenvalue weighted by atomic mass is 15.1. The van der Waals surface area contributed by atoms with Crippen molar-refractivity contribution in [3.63, 3.8) is 0 Å². The predicted octanol–water partition coefficient (Wildman–Crippen LogP) is 3.21. The Kier molecular flexibility index (Phi) is 4.36. The van der Waals surface area contributed by atoms with Gasteiger partial charge in [-0.05, 0) is 32.6 Å². The molecule has 1 heterocycles. The molecule has 0 spiro atoms. The van der Waals surface area contributed by atoms with Crippen LogP contribution in [0.1, 0.15) is 53.8 Å². The van der Waals surface area contributed by atoms with Gasteiger partial charge in [0, 0.05) is 24.5 Å². The zero-order chi connectivity index (χ0) is 13.1. The van der Waals surface area contributed by atoms with Crippen molar-refractivity contribution in [2.75, 3.05) is 0 Å². The molecule has 0 aliphatic rings. The minimum atomic E-state index is 0.140. The second kappa shape index (κ2) is 5.21. The molecule has 0 unspecified atom stereocenters. The summed E-state index contributed by atoms with van der Waals surface area (Å²) >= 11 is 0. The maximum atomic E-state index is 4.42. The van der Waals surface area contributed by atoms with Crippen LogP contribution in [0, 0.1) is 5.41 Å². The number of rotatable bonds is 4. The van der Waals surface area contributed by atoms with Crippen molar-refractivity contribution in [3.8, 4) is 0 Å². The van der Waals surface area contributed by atoms with E-state index in [0.717, 1.165) is 18.9 Å². The molecule has 0 fully saturated rings. The first-order chi connectivity index (χ1) is 7.67. The second-order valence-corrected chi connectivity index (χ2v) is 6.95. The molecule has 17 heavy (non-hydrogen) atoms. The lowest BCUT2D eigenvalue weighted by atomic mass is 9.92. The Morgan fingerprint density at radius 1 is 1.18 bits per heavy atom. The van der Waals surface area contributed by atoms with E-state index < -0.39 is 0 Å². The van der Waals surface area contributed by atoms with Gasteiger partial charge in [0.2, 0.25) is 0 Å². The van der Waals surface area contributed by atoms with E-state index in [1.54, 1.807) is 0 Å². The number of nitrogens with zero attached hydrogens (tertiary/aromatic N) is 2. The van der Waals surface area contributed by atoms with Crippen molar-refractivity contribution in [1.82, 2.24) is 14.9 Å². The quantitative estimate of drug-likeness (QED) is 0.871. The molecule has 0 radical (unpaired) electrons. The summed E-state index contributed by atoms with van der Waals surface area (Å²) in [5.74, 6) is 1.13. The Balaban J connectivity index is 2.54. The minimum absolute atomic E-state index is 0.140. The van der Waals surface area contributed by atoms with Crippen LogP contribution in [0.2, 0.25) is 0 Å². The summed E-state index contributed by atoms with van der Waals surface area (Å²) in [6, 6.07) is 0. The molecule has 0 amide bonds. The van der Waals surface area contributed by atoms with Crippen LogP contribution in [0.3, 0.4) is 0 Å². The predicted molar refractivity (Wildman–Crippen MR) is 72.9 cm³/mol. The smallest absolute Gasteiger partial charge is 0.122 e. The molecule has 3 heteroatoms. The van der Waals surface area contributed by atoms with Gasteiger partial charge >= 0.3 is 0 Å². The summed E-state index contributed by atoms with van der Waals surface area (Å²) in [6.07, 6.45) is 5.14. The lowest BCUT2D eigenvalue weighted by Gasteiger charge is -2.22. The second-order valence-electron chi connectivity index (χ2n) is 6.95. The number of hydrogen-bond acceptors (Lipinski definition) is 2. The zero-order valence-corrected chi connectivity index (χ0v) is 12.2. The average Bonchev–Trinajstić information content (AvgIpc) is 2.56. The fraction of sp³-hybridized carbons (Fsp3) is 0.786. The molecule has 0 aromatic carbocycles. The van der Waals surface area contributed by atoms with Crippen molar-refractivity contribution in [2.24, 2.45) is 5.41 Å². The van der Waals surface area contributed by atoms with Crippen LogP contribution >= 0.6 is 0 Å². The molecular weight excluding hydrogens is 210 g/mol. The first-order valence-corrected chi connectivity index (χ1v) is 6.42. The molecule has 1 rings (SSSR count). The molecule has 1 N–H and O–H groups in total. The van der Waals surface area contributed by atoms with Gasteiger partial charge in [0.05, 0.1) is 6.54 Å². The van der Waals surface area contributed by atoms with Gasteiger partial charge in [0.25, 0.3) is 0 Å². The fourth-order valence-electron chi connectivity index (χ4n) is 1.51. The van der Waals surface area contributed by atoms with Gasteiger partial charge in [-0.3, -0.25) is 0 Å². The van der Waals surface area contributed by atoms with Crippen molar-refractivity contribution < 1.29 is 0 Å². The Labute approximate surface area is 106 Å². The van der Waals surface area contributed by atoms with Crippen molar-refractivity contribution in [3.05, 3.63) is 18.2 Å². The van der Waals surface area contributed by atoms with Crippen LogP contribution in [0.15, 0.2) is 12.4 Å². The number of imidazole rings is 1. The molecule has 0 bridgehead atoms. The summed E-state index contributed by atoms with van der Waals surface area (Å²) in [5, 5.41) is 3.48. The molecule has 0 aliphatic heterocycles. The van der Waals surface area contributed by atoms with E-state index in [9.17, 15) is 0 Å². The van der Waals surface area contributed by atoms with Crippen molar-refractivity contribution in [2.45, 2.75) is 66.6 Å². The molecular formula is C14H27N3. The lowest BCUT2D eigenvalue weighted by molar-refractivity contribution is 0.343. The van der Waals surface area contributed by atoms with E-state index in [1.807, 2.05) is 6.20 Å². The molecule has 1 aromatic rings. The highest BCUT2D eigenvalue weighted by Gasteiger charge is 2.13. The summed E-state index contributed by atoms with van der Waals surface area (Å²) in [6.45, 7) is 15.2. The first-order valence-electron chi connectivity index (χ1n) is 6.42. The van der Waals surface area contributed by atoms with Crippen LogP contribution in [0.25, 0.3) is 0 Å². The standard InChI is InChI=1S/C14H27N3/c1-13(2,3)7-9-17-10-8-15-12(17)11-16-14(4,5)6/h8,10,16H,7,9,11H2,1-6H3. The topological polar surface area (TPSA) is 29.9 Å². The fourth-order valence-corrected chi connectivity index (χ4v) is 1.51. The summed E-state index contributed by atoms with van der Waals surface area (Å²) < 4.78 is 2.25. The Morgan fingerprint density at radius 2 is 1.82 bits per heavy atom. The van der Waals surface area contributed by atoms with Gasteiger partial charge in [-0.2, -0.15) is 0 Å². The molecule has 3 nitrogen and oxygen atoms in total. The van der Waals surface area contributed by atoms with Gasteiger partial charge in [0.15, 0.2) is 0 Å². The van der Waals surface area contributed by atoms with Crippen LogP contribution < -0.4 is 5.32 Å². The lowest BCUT2D eigenvalue weighted by Crippen LogP contribution is -2.36. The molecule has 98 valence electrons. The van der Waals surface area contributed by atoms with Crippen molar-refractivity contribution in [1.29, 1.82) is 0 Å². The summed E-state index contributed by atoms with van der Waals surface area (Å²) in [7, 11) is 0. The van der Waals surface area contributed by atoms with Gasteiger partial charge in [-0.1, -0.05) is 20.8 Å². The van der Waals surface area contributed by atoms with E-state index in [1.165, 1.54) is 6.42 Å². The van der Waals surface area contributed by atoms with E-state index in [0.29, 0.717) is 5.41 Å². The Morgan fingerprint density at radius 3 is 2.35 bits per heavy atom. The van der Waals surface area contributed by atoms with E-state index in [2.05, 4.69) is 62.6 Å². The number of nitrogens with one attached hydrogen (secondary N) is 1. The van der Waals surface area contributed by atoms with Crippen LogP contribution in [0.5, 0.6) is 0 Å². The summed E-state index contributed by atoms with van der Waals surface area (Å²) in [4.78, 5) is 4.42. The highest BCUT2D eigenvalue weighted by molar-refractivity contribution is 4.93. The van der Waals surface area contributed by atoms with Crippen LogP contribution in [0.4, 0.5) is 0 Å². The van der Waals surface area contributed by atoms with Gasteiger partial charge in [0.1, 0.15) is 5.82 Å². The first kappa shape index (κ1) is 14.2. The normalized spacial score (nSPS) is 13.1. The van der Waals surface area contributed by atoms with Gasteiger partial charge < -0.3 is 9.88 Å². The monoisotopic (exact) mass is 237 g/mol. The van der Waals surface area contributed by atoms with Crippen LogP contribution in [-0.2, 0) is 13.1 Å². The van der Waals surface area contributed by atoms with Gasteiger partial charge in [-0.25, -0.2) is 4.98 Å². The third-order valence-electron chi connectivity index (χ3n) is 2.68. The van der Waals surface area contributed by atoms with Gasteiger partial charge in [-0.15, -0.1) is 0 Å². The minimum Gasteiger partial charge on any atom is -0.334 e. The highest BCUT2D eigenvalue weighted by Crippen LogP contribution is 2.19. The van der Waals surface area contributed by atoms with E-state index in [4.69, 9.17) is 0 Å². The van der Waals surface area contributed by atoms with Crippen molar-refractivity contribution >= 4 is 0 Å². The Bertz CT molecular complexity index is 307. The third-order valence-corrected chi connectivity index (χ3v) is 2.68. The van der Waals surface area contributed by atoms with E-state index in [-0.39, 0.29) is 5.54 Å². The molecule has 0 saturated heterocycles. The third kappa shape index (κ3) is 5.87. The average molecular weight is 237 g/mol. The maximum absolute atomic E-state index is 4.42. The largest absolute Gasteiger partial charge is 0.334 e. The maximum Gasteiger partial charge on any atom is 0.122 e. The SMILES string of the molecule is CC(C)(C)CCn1ccnc1CNC(C)(C)C. The molecule has 0 atom stereocenters. The number of hydrogen-bond donors (Lipinski definition) is 1. The number of aromatic nitrogens is 2. The molecule has 1 aromatic heterocycles. The van der Waals surface area contributed by atoms with E-state index >= 15 is 0 Å². The number of aryl methyl sites for hydroxylation is 1. The molecule has 0 saturated carbocycles.